The molecule has 3 heteroatoms. The van der Waals surface area contributed by atoms with Crippen LogP contribution in [0.3, 0.4) is 0 Å². The van der Waals surface area contributed by atoms with E-state index in [2.05, 4.69) is 54.4 Å². The highest BCUT2D eigenvalue weighted by Gasteiger charge is 2.23. The van der Waals surface area contributed by atoms with Gasteiger partial charge in [-0.25, -0.2) is 4.98 Å². The molecule has 1 aliphatic heterocycles. The van der Waals surface area contributed by atoms with Gasteiger partial charge in [-0.15, -0.1) is 0 Å². The van der Waals surface area contributed by atoms with Crippen molar-refractivity contribution in [2.24, 2.45) is 0 Å². The molecule has 1 saturated heterocycles. The summed E-state index contributed by atoms with van der Waals surface area (Å²) in [5.74, 6) is 1.09. The van der Waals surface area contributed by atoms with Gasteiger partial charge >= 0.3 is 0 Å². The molecule has 2 aromatic rings. The maximum atomic E-state index is 4.78. The molecular weight excluding hydrogens is 222 g/mol. The maximum absolute atomic E-state index is 4.78. The number of rotatable bonds is 1. The predicted molar refractivity (Wildman–Crippen MR) is 76.0 cm³/mol. The van der Waals surface area contributed by atoms with Crippen LogP contribution in [-0.2, 0) is 0 Å². The van der Waals surface area contributed by atoms with Crippen molar-refractivity contribution in [3.05, 3.63) is 36.4 Å². The lowest BCUT2D eigenvalue weighted by Crippen LogP contribution is -2.54. The third-order valence-electron chi connectivity index (χ3n) is 3.64. The molecule has 0 radical (unpaired) electrons. The van der Waals surface area contributed by atoms with Crippen LogP contribution in [0.25, 0.3) is 10.9 Å². The van der Waals surface area contributed by atoms with Gasteiger partial charge in [-0.1, -0.05) is 18.2 Å². The molecule has 0 bridgehead atoms. The highest BCUT2D eigenvalue weighted by atomic mass is 15.3. The van der Waals surface area contributed by atoms with Gasteiger partial charge in [-0.05, 0) is 32.0 Å². The van der Waals surface area contributed by atoms with Crippen molar-refractivity contribution in [1.82, 2.24) is 10.3 Å². The molecule has 2 atom stereocenters. The van der Waals surface area contributed by atoms with E-state index in [1.54, 1.807) is 0 Å². The van der Waals surface area contributed by atoms with Gasteiger partial charge in [0.25, 0.3) is 0 Å². The fraction of sp³-hybridized carbons (Fsp3) is 0.400. The molecule has 0 aliphatic carbocycles. The minimum Gasteiger partial charge on any atom is -0.351 e. The molecule has 1 N–H and O–H groups in total. The van der Waals surface area contributed by atoms with Crippen molar-refractivity contribution in [3.63, 3.8) is 0 Å². The molecule has 1 fully saturated rings. The van der Waals surface area contributed by atoms with Crippen molar-refractivity contribution in [1.29, 1.82) is 0 Å². The quantitative estimate of drug-likeness (QED) is 0.831. The molecule has 3 nitrogen and oxygen atoms in total. The number of hydrogen-bond acceptors (Lipinski definition) is 3. The zero-order chi connectivity index (χ0) is 12.5. The van der Waals surface area contributed by atoms with Crippen LogP contribution >= 0.6 is 0 Å². The Morgan fingerprint density at radius 1 is 1.17 bits per heavy atom. The van der Waals surface area contributed by atoms with Crippen molar-refractivity contribution < 1.29 is 0 Å². The van der Waals surface area contributed by atoms with E-state index < -0.39 is 0 Å². The molecule has 0 unspecified atom stereocenters. The van der Waals surface area contributed by atoms with Crippen molar-refractivity contribution in [3.8, 4) is 0 Å². The summed E-state index contributed by atoms with van der Waals surface area (Å²) >= 11 is 0. The molecule has 18 heavy (non-hydrogen) atoms. The minimum atomic E-state index is 0.495. The van der Waals surface area contributed by atoms with Crippen LogP contribution in [0.15, 0.2) is 36.4 Å². The molecular formula is C15H19N3. The minimum absolute atomic E-state index is 0.495. The van der Waals surface area contributed by atoms with E-state index in [1.807, 2.05) is 6.07 Å². The van der Waals surface area contributed by atoms with Gasteiger partial charge in [0.15, 0.2) is 0 Å². The van der Waals surface area contributed by atoms with E-state index in [0.717, 1.165) is 24.4 Å². The lowest BCUT2D eigenvalue weighted by molar-refractivity contribution is 0.423. The maximum Gasteiger partial charge on any atom is 0.129 e. The number of pyridine rings is 1. The third kappa shape index (κ3) is 2.06. The second-order valence-corrected chi connectivity index (χ2v) is 5.17. The van der Waals surface area contributed by atoms with Gasteiger partial charge in [-0.2, -0.15) is 0 Å². The molecule has 0 amide bonds. The van der Waals surface area contributed by atoms with E-state index in [1.165, 1.54) is 5.39 Å². The zero-order valence-corrected chi connectivity index (χ0v) is 10.9. The summed E-state index contributed by atoms with van der Waals surface area (Å²) in [7, 11) is 0. The summed E-state index contributed by atoms with van der Waals surface area (Å²) < 4.78 is 0. The van der Waals surface area contributed by atoms with Crippen LogP contribution in [-0.4, -0.2) is 30.2 Å². The number of hydrogen-bond donors (Lipinski definition) is 1. The standard InChI is InChI=1S/C15H19N3/c1-11-10-18(12(2)9-16-11)15-8-7-13-5-3-4-6-14(13)17-15/h3-8,11-12,16H,9-10H2,1-2H3/t11-,12+/m0/s1. The first-order valence-corrected chi connectivity index (χ1v) is 6.60. The third-order valence-corrected chi connectivity index (χ3v) is 3.64. The van der Waals surface area contributed by atoms with Gasteiger partial charge < -0.3 is 10.2 Å². The molecule has 94 valence electrons. The summed E-state index contributed by atoms with van der Waals surface area (Å²) in [6, 6.07) is 13.6. The number of aromatic nitrogens is 1. The van der Waals surface area contributed by atoms with E-state index in [4.69, 9.17) is 4.98 Å². The Bertz CT molecular complexity index is 552. The number of fused-ring (bicyclic) bond motifs is 1. The first kappa shape index (κ1) is 11.5. The molecule has 1 aromatic carbocycles. The van der Waals surface area contributed by atoms with Crippen LogP contribution in [0.4, 0.5) is 5.82 Å². The van der Waals surface area contributed by atoms with Crippen molar-refractivity contribution >= 4 is 16.7 Å². The smallest absolute Gasteiger partial charge is 0.129 e. The van der Waals surface area contributed by atoms with Crippen LogP contribution in [0.5, 0.6) is 0 Å². The normalized spacial score (nSPS) is 24.4. The number of nitrogens with one attached hydrogen (secondary N) is 1. The van der Waals surface area contributed by atoms with E-state index in [-0.39, 0.29) is 0 Å². The highest BCUT2D eigenvalue weighted by Crippen LogP contribution is 2.21. The average molecular weight is 241 g/mol. The summed E-state index contributed by atoms with van der Waals surface area (Å²) in [5.41, 5.74) is 1.08. The first-order valence-electron chi connectivity index (χ1n) is 6.60. The Hall–Kier alpha value is -1.61. The zero-order valence-electron chi connectivity index (χ0n) is 10.9. The fourth-order valence-electron chi connectivity index (χ4n) is 2.56. The first-order chi connectivity index (χ1) is 8.74. The molecule has 3 rings (SSSR count). The Kier molecular flexibility index (Phi) is 2.92. The number of para-hydroxylation sites is 1. The van der Waals surface area contributed by atoms with Gasteiger partial charge in [0, 0.05) is 30.6 Å². The largest absolute Gasteiger partial charge is 0.351 e. The SMILES string of the molecule is C[C@@H]1CN[C@@H](C)CN1c1ccc2ccccc2n1. The van der Waals surface area contributed by atoms with E-state index >= 15 is 0 Å². The summed E-state index contributed by atoms with van der Waals surface area (Å²) in [6.07, 6.45) is 0. The van der Waals surface area contributed by atoms with Crippen LogP contribution in [0.1, 0.15) is 13.8 Å². The summed E-state index contributed by atoms with van der Waals surface area (Å²) in [6.45, 7) is 6.51. The Morgan fingerprint density at radius 3 is 2.89 bits per heavy atom. The Morgan fingerprint density at radius 2 is 2.00 bits per heavy atom. The van der Waals surface area contributed by atoms with Crippen LogP contribution in [0, 0.1) is 0 Å². The summed E-state index contributed by atoms with van der Waals surface area (Å²) in [4.78, 5) is 7.18. The van der Waals surface area contributed by atoms with E-state index in [9.17, 15) is 0 Å². The van der Waals surface area contributed by atoms with E-state index in [0.29, 0.717) is 12.1 Å². The Labute approximate surface area is 108 Å². The number of piperazine rings is 1. The van der Waals surface area contributed by atoms with Gasteiger partial charge in [-0.3, -0.25) is 0 Å². The van der Waals surface area contributed by atoms with Gasteiger partial charge in [0.05, 0.1) is 5.52 Å². The predicted octanol–water partition coefficient (Wildman–Crippen LogP) is 2.42. The van der Waals surface area contributed by atoms with Crippen LogP contribution < -0.4 is 10.2 Å². The molecule has 0 spiro atoms. The van der Waals surface area contributed by atoms with Gasteiger partial charge in [0.2, 0.25) is 0 Å². The topological polar surface area (TPSA) is 28.2 Å². The molecule has 1 aliphatic rings. The second-order valence-electron chi connectivity index (χ2n) is 5.17. The van der Waals surface area contributed by atoms with Gasteiger partial charge in [0.1, 0.15) is 5.82 Å². The lowest BCUT2D eigenvalue weighted by Gasteiger charge is -2.38. The number of benzene rings is 1. The molecule has 2 heterocycles. The molecule has 1 aromatic heterocycles. The van der Waals surface area contributed by atoms with Crippen molar-refractivity contribution in [2.75, 3.05) is 18.0 Å². The Balaban J connectivity index is 1.97. The average Bonchev–Trinajstić information content (AvgIpc) is 2.41. The lowest BCUT2D eigenvalue weighted by atomic mass is 10.1. The second kappa shape index (κ2) is 4.58. The monoisotopic (exact) mass is 241 g/mol. The fourth-order valence-corrected chi connectivity index (χ4v) is 2.56. The highest BCUT2D eigenvalue weighted by molar-refractivity contribution is 5.80. The van der Waals surface area contributed by atoms with Crippen molar-refractivity contribution in [2.45, 2.75) is 25.9 Å². The number of nitrogens with zero attached hydrogens (tertiary/aromatic N) is 2. The molecule has 0 saturated carbocycles. The summed E-state index contributed by atoms with van der Waals surface area (Å²) in [5, 5.41) is 4.70. The number of anilines is 1. The van der Waals surface area contributed by atoms with Crippen LogP contribution in [0.2, 0.25) is 0 Å².